The van der Waals surface area contributed by atoms with Crippen molar-refractivity contribution in [2.45, 2.75) is 18.0 Å². The van der Waals surface area contributed by atoms with E-state index in [-0.39, 0.29) is 16.3 Å². The van der Waals surface area contributed by atoms with Crippen LogP contribution in [0.25, 0.3) is 0 Å². The maximum absolute atomic E-state index is 13.1. The molecule has 8 heteroatoms. The molecule has 0 radical (unpaired) electrons. The molecule has 1 heterocycles. The fraction of sp³-hybridized carbons (Fsp3) is 0.0952. The maximum Gasteiger partial charge on any atom is 0.417 e. The van der Waals surface area contributed by atoms with Crippen LogP contribution in [0.5, 0.6) is 0 Å². The minimum absolute atomic E-state index is 0.0354. The molecule has 0 bridgehead atoms. The first-order valence-corrected chi connectivity index (χ1v) is 9.87. The number of hydrogen-bond acceptors (Lipinski definition) is 3. The lowest BCUT2D eigenvalue weighted by atomic mass is 10.1. The summed E-state index contributed by atoms with van der Waals surface area (Å²) in [5.74, 6) is 5.03. The molecular formula is C21H15F3N2O2S. The first kappa shape index (κ1) is 20.4. The molecule has 3 aromatic rings. The Morgan fingerprint density at radius 3 is 2.24 bits per heavy atom. The maximum atomic E-state index is 13.1. The first-order valence-electron chi connectivity index (χ1n) is 8.39. The molecule has 0 unspecified atom stereocenters. The van der Waals surface area contributed by atoms with Gasteiger partial charge in [0.15, 0.2) is 5.82 Å². The van der Waals surface area contributed by atoms with Crippen molar-refractivity contribution in [1.29, 1.82) is 0 Å². The Morgan fingerprint density at radius 2 is 1.62 bits per heavy atom. The minimum atomic E-state index is -4.63. The molecule has 0 saturated heterocycles. The van der Waals surface area contributed by atoms with Gasteiger partial charge in [0, 0.05) is 11.8 Å². The van der Waals surface area contributed by atoms with Gasteiger partial charge in [-0.1, -0.05) is 47.7 Å². The monoisotopic (exact) mass is 416 g/mol. The van der Waals surface area contributed by atoms with Crippen LogP contribution in [-0.4, -0.2) is 13.4 Å². The van der Waals surface area contributed by atoms with Crippen LogP contribution in [0.1, 0.15) is 22.3 Å². The molecule has 29 heavy (non-hydrogen) atoms. The van der Waals surface area contributed by atoms with Crippen LogP contribution in [0.3, 0.4) is 0 Å². The van der Waals surface area contributed by atoms with Gasteiger partial charge in [-0.3, -0.25) is 4.72 Å². The predicted molar refractivity (Wildman–Crippen MR) is 104 cm³/mol. The van der Waals surface area contributed by atoms with Crippen molar-refractivity contribution < 1.29 is 21.6 Å². The van der Waals surface area contributed by atoms with E-state index in [2.05, 4.69) is 21.5 Å². The van der Waals surface area contributed by atoms with Crippen LogP contribution >= 0.6 is 0 Å². The summed E-state index contributed by atoms with van der Waals surface area (Å²) in [5, 5.41) is 0. The lowest BCUT2D eigenvalue weighted by Crippen LogP contribution is -2.16. The molecule has 148 valence electrons. The second-order valence-corrected chi connectivity index (χ2v) is 7.83. The average molecular weight is 416 g/mol. The van der Waals surface area contributed by atoms with Crippen molar-refractivity contribution in [3.63, 3.8) is 0 Å². The number of hydrogen-bond donors (Lipinski definition) is 1. The van der Waals surface area contributed by atoms with Crippen LogP contribution in [-0.2, 0) is 16.2 Å². The SMILES string of the molecule is Cc1ccc(S(=O)(=O)Nc2ncc(C(F)(F)F)cc2C#Cc2ccccc2)cc1. The number of nitrogens with one attached hydrogen (secondary N) is 1. The van der Waals surface area contributed by atoms with E-state index in [1.54, 1.807) is 49.4 Å². The second kappa shape index (κ2) is 7.97. The molecule has 2 aromatic carbocycles. The van der Waals surface area contributed by atoms with Gasteiger partial charge in [0.05, 0.1) is 16.0 Å². The molecule has 3 rings (SSSR count). The molecule has 0 atom stereocenters. The summed E-state index contributed by atoms with van der Waals surface area (Å²) in [4.78, 5) is 3.64. The van der Waals surface area contributed by atoms with Crippen LogP contribution in [0.2, 0.25) is 0 Å². The van der Waals surface area contributed by atoms with Gasteiger partial charge in [0.25, 0.3) is 10.0 Å². The molecule has 0 fully saturated rings. The Bertz CT molecular complexity index is 1180. The Morgan fingerprint density at radius 1 is 0.966 bits per heavy atom. The number of nitrogens with zero attached hydrogens (tertiary/aromatic N) is 1. The third kappa shape index (κ3) is 5.15. The molecule has 0 saturated carbocycles. The Hall–Kier alpha value is -3.31. The number of anilines is 1. The highest BCUT2D eigenvalue weighted by Gasteiger charge is 2.32. The normalized spacial score (nSPS) is 11.4. The van der Waals surface area contributed by atoms with Crippen molar-refractivity contribution >= 4 is 15.8 Å². The van der Waals surface area contributed by atoms with Gasteiger partial charge in [-0.05, 0) is 37.3 Å². The van der Waals surface area contributed by atoms with E-state index in [1.165, 1.54) is 12.1 Å². The number of benzene rings is 2. The van der Waals surface area contributed by atoms with Gasteiger partial charge in [-0.2, -0.15) is 13.2 Å². The largest absolute Gasteiger partial charge is 0.417 e. The summed E-state index contributed by atoms with van der Waals surface area (Å²) in [6, 6.07) is 15.4. The van der Waals surface area contributed by atoms with Crippen LogP contribution in [0, 0.1) is 18.8 Å². The van der Waals surface area contributed by atoms with E-state index in [9.17, 15) is 21.6 Å². The highest BCUT2D eigenvalue weighted by Crippen LogP contribution is 2.31. The number of aromatic nitrogens is 1. The van der Waals surface area contributed by atoms with Crippen molar-refractivity contribution in [1.82, 2.24) is 4.98 Å². The number of alkyl halides is 3. The summed E-state index contributed by atoms with van der Waals surface area (Å²) < 4.78 is 66.7. The zero-order chi connectivity index (χ0) is 21.1. The quantitative estimate of drug-likeness (QED) is 0.635. The highest BCUT2D eigenvalue weighted by atomic mass is 32.2. The van der Waals surface area contributed by atoms with E-state index in [4.69, 9.17) is 0 Å². The zero-order valence-electron chi connectivity index (χ0n) is 15.2. The summed E-state index contributed by atoms with van der Waals surface area (Å²) >= 11 is 0. The summed E-state index contributed by atoms with van der Waals surface area (Å²) in [6.07, 6.45) is -4.06. The standard InChI is InChI=1S/C21H15F3N2O2S/c1-15-7-11-19(12-8-15)29(27,28)26-20-17(10-9-16-5-3-2-4-6-16)13-18(14-25-20)21(22,23)24/h2-8,11-14H,1H3,(H,25,26). The lowest BCUT2D eigenvalue weighted by molar-refractivity contribution is -0.137. The van der Waals surface area contributed by atoms with Crippen LogP contribution in [0.4, 0.5) is 19.0 Å². The molecule has 0 aliphatic rings. The van der Waals surface area contributed by atoms with Gasteiger partial charge < -0.3 is 0 Å². The third-order valence-corrected chi connectivity index (χ3v) is 5.25. The number of halogens is 3. The topological polar surface area (TPSA) is 59.1 Å². The first-order chi connectivity index (χ1) is 13.6. The molecule has 4 nitrogen and oxygen atoms in total. The third-order valence-electron chi connectivity index (χ3n) is 3.89. The van der Waals surface area contributed by atoms with E-state index >= 15 is 0 Å². The second-order valence-electron chi connectivity index (χ2n) is 6.15. The van der Waals surface area contributed by atoms with Crippen molar-refractivity contribution in [2.75, 3.05) is 4.72 Å². The molecule has 0 spiro atoms. The van der Waals surface area contributed by atoms with E-state index in [1.807, 2.05) is 0 Å². The average Bonchev–Trinajstić information content (AvgIpc) is 2.67. The van der Waals surface area contributed by atoms with Crippen LogP contribution < -0.4 is 4.72 Å². The molecule has 0 amide bonds. The fourth-order valence-corrected chi connectivity index (χ4v) is 3.39. The van der Waals surface area contributed by atoms with Crippen molar-refractivity contribution in [3.05, 3.63) is 89.1 Å². The van der Waals surface area contributed by atoms with E-state index in [0.29, 0.717) is 11.8 Å². The fourth-order valence-electron chi connectivity index (χ4n) is 2.36. The summed E-state index contributed by atoms with van der Waals surface area (Å²) in [6.45, 7) is 1.80. The van der Waals surface area contributed by atoms with Gasteiger partial charge in [-0.15, -0.1) is 0 Å². The molecule has 1 N–H and O–H groups in total. The number of aryl methyl sites for hydroxylation is 1. The molecule has 0 aliphatic heterocycles. The Labute approximate surface area is 166 Å². The molecule has 1 aromatic heterocycles. The minimum Gasteiger partial charge on any atom is -0.262 e. The molecule has 0 aliphatic carbocycles. The number of rotatable bonds is 3. The lowest BCUT2D eigenvalue weighted by Gasteiger charge is -2.12. The van der Waals surface area contributed by atoms with Gasteiger partial charge in [0.1, 0.15) is 0 Å². The number of pyridine rings is 1. The number of sulfonamides is 1. The van der Waals surface area contributed by atoms with Gasteiger partial charge in [-0.25, -0.2) is 13.4 Å². The smallest absolute Gasteiger partial charge is 0.262 e. The highest BCUT2D eigenvalue weighted by molar-refractivity contribution is 7.92. The van der Waals surface area contributed by atoms with E-state index in [0.717, 1.165) is 11.6 Å². The van der Waals surface area contributed by atoms with Crippen molar-refractivity contribution in [3.8, 4) is 11.8 Å². The summed E-state index contributed by atoms with van der Waals surface area (Å²) in [7, 11) is -4.05. The Balaban J connectivity index is 2.03. The van der Waals surface area contributed by atoms with Gasteiger partial charge in [0.2, 0.25) is 0 Å². The molecular weight excluding hydrogens is 401 g/mol. The van der Waals surface area contributed by atoms with Crippen molar-refractivity contribution in [2.24, 2.45) is 0 Å². The van der Waals surface area contributed by atoms with Gasteiger partial charge >= 0.3 is 6.18 Å². The Kier molecular flexibility index (Phi) is 5.62. The van der Waals surface area contributed by atoms with Crippen LogP contribution in [0.15, 0.2) is 71.8 Å². The predicted octanol–water partition coefficient (Wildman–Crippen LogP) is 4.61. The zero-order valence-corrected chi connectivity index (χ0v) is 16.0. The summed E-state index contributed by atoms with van der Waals surface area (Å²) in [5.41, 5.74) is 0.232. The van der Waals surface area contributed by atoms with E-state index < -0.39 is 21.8 Å².